The molecule has 1 amide bonds. The van der Waals surface area contributed by atoms with Gasteiger partial charge in [-0.15, -0.1) is 0 Å². The van der Waals surface area contributed by atoms with Crippen molar-refractivity contribution in [1.82, 2.24) is 5.32 Å². The summed E-state index contributed by atoms with van der Waals surface area (Å²) in [6.07, 6.45) is 0. The minimum Gasteiger partial charge on any atom is -0.497 e. The molecule has 4 heteroatoms. The van der Waals surface area contributed by atoms with Crippen LogP contribution in [0.25, 0.3) is 0 Å². The monoisotopic (exact) mass is 285 g/mol. The molecule has 0 unspecified atom stereocenters. The van der Waals surface area contributed by atoms with Gasteiger partial charge in [0.1, 0.15) is 11.5 Å². The molecule has 1 atom stereocenters. The van der Waals surface area contributed by atoms with Crippen LogP contribution in [0.2, 0.25) is 0 Å². The highest BCUT2D eigenvalue weighted by molar-refractivity contribution is 5.94. The van der Waals surface area contributed by atoms with E-state index < -0.39 is 0 Å². The standard InChI is InChI=1S/C17H19NO3/c1-12(15-6-4-5-7-16(15)21-3)18-17(19)13-8-10-14(20-2)11-9-13/h4-12H,1-3H3,(H,18,19)/t12-/m1/s1. The molecular formula is C17H19NO3. The molecule has 0 aliphatic carbocycles. The first kappa shape index (κ1) is 14.9. The van der Waals surface area contributed by atoms with Gasteiger partial charge in [-0.25, -0.2) is 0 Å². The van der Waals surface area contributed by atoms with Crippen molar-refractivity contribution in [3.8, 4) is 11.5 Å². The lowest BCUT2D eigenvalue weighted by Crippen LogP contribution is -2.26. The highest BCUT2D eigenvalue weighted by Crippen LogP contribution is 2.24. The molecule has 4 nitrogen and oxygen atoms in total. The van der Waals surface area contributed by atoms with E-state index in [1.165, 1.54) is 0 Å². The minimum absolute atomic E-state index is 0.129. The van der Waals surface area contributed by atoms with Crippen molar-refractivity contribution < 1.29 is 14.3 Å². The molecule has 0 saturated carbocycles. The number of carbonyl (C=O) groups is 1. The Labute approximate surface area is 124 Å². The number of para-hydroxylation sites is 1. The fourth-order valence-electron chi connectivity index (χ4n) is 2.12. The van der Waals surface area contributed by atoms with Crippen molar-refractivity contribution in [2.75, 3.05) is 14.2 Å². The predicted molar refractivity (Wildman–Crippen MR) is 81.9 cm³/mol. The molecule has 0 saturated heterocycles. The van der Waals surface area contributed by atoms with Gasteiger partial charge in [0.05, 0.1) is 20.3 Å². The van der Waals surface area contributed by atoms with Crippen molar-refractivity contribution in [1.29, 1.82) is 0 Å². The lowest BCUT2D eigenvalue weighted by Gasteiger charge is -2.17. The van der Waals surface area contributed by atoms with Crippen LogP contribution in [0.1, 0.15) is 28.9 Å². The number of carbonyl (C=O) groups excluding carboxylic acids is 1. The quantitative estimate of drug-likeness (QED) is 0.917. The largest absolute Gasteiger partial charge is 0.497 e. The van der Waals surface area contributed by atoms with E-state index in [2.05, 4.69) is 5.32 Å². The molecule has 0 spiro atoms. The van der Waals surface area contributed by atoms with Gasteiger partial charge in [0, 0.05) is 11.1 Å². The summed E-state index contributed by atoms with van der Waals surface area (Å²) >= 11 is 0. The van der Waals surface area contributed by atoms with E-state index in [-0.39, 0.29) is 11.9 Å². The third-order valence-electron chi connectivity index (χ3n) is 3.31. The summed E-state index contributed by atoms with van der Waals surface area (Å²) in [4.78, 5) is 12.2. The first-order chi connectivity index (χ1) is 10.2. The number of ether oxygens (including phenoxy) is 2. The molecule has 21 heavy (non-hydrogen) atoms. The molecule has 0 fully saturated rings. The summed E-state index contributed by atoms with van der Waals surface area (Å²) < 4.78 is 10.4. The zero-order valence-corrected chi connectivity index (χ0v) is 12.4. The average Bonchev–Trinajstić information content (AvgIpc) is 2.54. The molecule has 0 aliphatic heterocycles. The number of amides is 1. The Balaban J connectivity index is 2.11. The Morgan fingerprint density at radius 3 is 2.29 bits per heavy atom. The van der Waals surface area contributed by atoms with E-state index >= 15 is 0 Å². The molecule has 0 aliphatic rings. The van der Waals surface area contributed by atoms with Gasteiger partial charge in [-0.1, -0.05) is 18.2 Å². The Kier molecular flexibility index (Phi) is 4.82. The summed E-state index contributed by atoms with van der Waals surface area (Å²) in [5.41, 5.74) is 1.54. The number of nitrogens with one attached hydrogen (secondary N) is 1. The highest BCUT2D eigenvalue weighted by atomic mass is 16.5. The zero-order chi connectivity index (χ0) is 15.2. The fourth-order valence-corrected chi connectivity index (χ4v) is 2.12. The van der Waals surface area contributed by atoms with Gasteiger partial charge in [-0.05, 0) is 37.3 Å². The Bertz CT molecular complexity index is 608. The maximum Gasteiger partial charge on any atom is 0.251 e. The van der Waals surface area contributed by atoms with Crippen molar-refractivity contribution in [3.63, 3.8) is 0 Å². The third kappa shape index (κ3) is 3.54. The van der Waals surface area contributed by atoms with Crippen LogP contribution in [0.15, 0.2) is 48.5 Å². The minimum atomic E-state index is -0.143. The van der Waals surface area contributed by atoms with E-state index in [4.69, 9.17) is 9.47 Å². The van der Waals surface area contributed by atoms with Gasteiger partial charge in [0.15, 0.2) is 0 Å². The van der Waals surface area contributed by atoms with Crippen molar-refractivity contribution in [2.24, 2.45) is 0 Å². The van der Waals surface area contributed by atoms with E-state index in [9.17, 15) is 4.79 Å². The molecule has 2 rings (SSSR count). The Morgan fingerprint density at radius 2 is 1.67 bits per heavy atom. The molecule has 2 aromatic carbocycles. The van der Waals surface area contributed by atoms with Crippen LogP contribution in [0.5, 0.6) is 11.5 Å². The zero-order valence-electron chi connectivity index (χ0n) is 12.4. The second kappa shape index (κ2) is 6.79. The maximum absolute atomic E-state index is 12.2. The van der Waals surface area contributed by atoms with Crippen LogP contribution in [-0.4, -0.2) is 20.1 Å². The number of methoxy groups -OCH3 is 2. The van der Waals surface area contributed by atoms with Crippen LogP contribution in [0.3, 0.4) is 0 Å². The number of hydrogen-bond donors (Lipinski definition) is 1. The summed E-state index contributed by atoms with van der Waals surface area (Å²) in [5.74, 6) is 1.36. The predicted octanol–water partition coefficient (Wildman–Crippen LogP) is 3.19. The lowest BCUT2D eigenvalue weighted by molar-refractivity contribution is 0.0939. The van der Waals surface area contributed by atoms with Crippen molar-refractivity contribution >= 4 is 5.91 Å². The van der Waals surface area contributed by atoms with E-state index in [1.807, 2.05) is 31.2 Å². The normalized spacial score (nSPS) is 11.6. The second-order valence-corrected chi connectivity index (χ2v) is 4.67. The van der Waals surface area contributed by atoms with E-state index in [0.29, 0.717) is 5.56 Å². The maximum atomic E-state index is 12.2. The molecule has 0 aromatic heterocycles. The summed E-state index contributed by atoms with van der Waals surface area (Å²) in [6.45, 7) is 1.93. The van der Waals surface area contributed by atoms with Crippen LogP contribution >= 0.6 is 0 Å². The van der Waals surface area contributed by atoms with Crippen LogP contribution < -0.4 is 14.8 Å². The highest BCUT2D eigenvalue weighted by Gasteiger charge is 2.14. The van der Waals surface area contributed by atoms with Gasteiger partial charge in [0.2, 0.25) is 0 Å². The summed E-state index contributed by atoms with van der Waals surface area (Å²) in [6, 6.07) is 14.5. The first-order valence-corrected chi connectivity index (χ1v) is 6.73. The molecular weight excluding hydrogens is 266 g/mol. The van der Waals surface area contributed by atoms with Gasteiger partial charge in [-0.2, -0.15) is 0 Å². The van der Waals surface area contributed by atoms with Crippen molar-refractivity contribution in [3.05, 3.63) is 59.7 Å². The summed E-state index contributed by atoms with van der Waals surface area (Å²) in [5, 5.41) is 2.96. The van der Waals surface area contributed by atoms with E-state index in [0.717, 1.165) is 17.1 Å². The SMILES string of the molecule is COc1ccc(C(=O)N[C@H](C)c2ccccc2OC)cc1. The Hall–Kier alpha value is -2.49. The lowest BCUT2D eigenvalue weighted by atomic mass is 10.1. The van der Waals surface area contributed by atoms with Crippen LogP contribution in [0, 0.1) is 0 Å². The fraction of sp³-hybridized carbons (Fsp3) is 0.235. The van der Waals surface area contributed by atoms with Gasteiger partial charge < -0.3 is 14.8 Å². The third-order valence-corrected chi connectivity index (χ3v) is 3.31. The van der Waals surface area contributed by atoms with Gasteiger partial charge in [0.25, 0.3) is 5.91 Å². The topological polar surface area (TPSA) is 47.6 Å². The molecule has 0 bridgehead atoms. The van der Waals surface area contributed by atoms with Gasteiger partial charge >= 0.3 is 0 Å². The molecule has 0 radical (unpaired) electrons. The average molecular weight is 285 g/mol. The van der Waals surface area contributed by atoms with Crippen LogP contribution in [-0.2, 0) is 0 Å². The molecule has 2 aromatic rings. The van der Waals surface area contributed by atoms with Gasteiger partial charge in [-0.3, -0.25) is 4.79 Å². The van der Waals surface area contributed by atoms with Crippen molar-refractivity contribution in [2.45, 2.75) is 13.0 Å². The van der Waals surface area contributed by atoms with Crippen LogP contribution in [0.4, 0.5) is 0 Å². The Morgan fingerprint density at radius 1 is 1.00 bits per heavy atom. The molecule has 1 N–H and O–H groups in total. The number of hydrogen-bond acceptors (Lipinski definition) is 3. The molecule has 0 heterocycles. The summed E-state index contributed by atoms with van der Waals surface area (Å²) in [7, 11) is 3.22. The molecule has 110 valence electrons. The second-order valence-electron chi connectivity index (χ2n) is 4.67. The first-order valence-electron chi connectivity index (χ1n) is 6.73. The number of benzene rings is 2. The van der Waals surface area contributed by atoms with E-state index in [1.54, 1.807) is 38.5 Å². The number of rotatable bonds is 5. The smallest absolute Gasteiger partial charge is 0.251 e.